The van der Waals surface area contributed by atoms with E-state index in [1.165, 1.54) is 37.7 Å². The van der Waals surface area contributed by atoms with Crippen LogP contribution in [0.5, 0.6) is 5.75 Å². The van der Waals surface area contributed by atoms with Gasteiger partial charge in [-0.3, -0.25) is 0 Å². The second-order valence-corrected chi connectivity index (χ2v) is 5.89. The summed E-state index contributed by atoms with van der Waals surface area (Å²) in [5.74, 6) is 1.71. The molecule has 0 amide bonds. The molecule has 0 aliphatic rings. The van der Waals surface area contributed by atoms with E-state index in [1.54, 1.807) is 0 Å². The van der Waals surface area contributed by atoms with Crippen LogP contribution in [0, 0.1) is 0 Å². The first kappa shape index (κ1) is 24.3. The Morgan fingerprint density at radius 3 is 1.70 bits per heavy atom. The smallest absolute Gasteiger partial charge is 0.119 e. The minimum absolute atomic E-state index is 0.318. The number of rotatable bonds is 8. The quantitative estimate of drug-likeness (QED) is 0.471. The highest BCUT2D eigenvalue weighted by atomic mass is 16.5. The van der Waals surface area contributed by atoms with Crippen molar-refractivity contribution in [3.8, 4) is 5.75 Å². The Balaban J connectivity index is 0. The van der Waals surface area contributed by atoms with Gasteiger partial charge in [-0.25, -0.2) is 0 Å². The molecule has 0 bridgehead atoms. The van der Waals surface area contributed by atoms with E-state index in [1.807, 2.05) is 13.8 Å². The van der Waals surface area contributed by atoms with Crippen molar-refractivity contribution < 1.29 is 4.74 Å². The molecule has 2 atom stereocenters. The van der Waals surface area contributed by atoms with Crippen LogP contribution in [0.4, 0.5) is 0 Å². The Morgan fingerprint density at radius 2 is 1.30 bits per heavy atom. The summed E-state index contributed by atoms with van der Waals surface area (Å²) >= 11 is 0. The maximum absolute atomic E-state index is 5.88. The molecule has 0 radical (unpaired) electrons. The van der Waals surface area contributed by atoms with Crippen molar-refractivity contribution in [2.75, 3.05) is 0 Å². The van der Waals surface area contributed by atoms with Crippen molar-refractivity contribution in [1.29, 1.82) is 0 Å². The molecular formula is C22H42O. The van der Waals surface area contributed by atoms with E-state index in [-0.39, 0.29) is 0 Å². The molecule has 0 aliphatic carbocycles. The molecule has 23 heavy (non-hydrogen) atoms. The lowest BCUT2D eigenvalue weighted by molar-refractivity contribution is 0.210. The molecule has 0 heterocycles. The van der Waals surface area contributed by atoms with E-state index in [4.69, 9.17) is 4.74 Å². The van der Waals surface area contributed by atoms with Crippen LogP contribution in [0.2, 0.25) is 0 Å². The maximum Gasteiger partial charge on any atom is 0.119 e. The van der Waals surface area contributed by atoms with E-state index >= 15 is 0 Å². The Labute approximate surface area is 146 Å². The Morgan fingerprint density at radius 1 is 0.826 bits per heavy atom. The number of hydrogen-bond donors (Lipinski definition) is 0. The van der Waals surface area contributed by atoms with E-state index in [0.29, 0.717) is 12.0 Å². The number of hydrogen-bond acceptors (Lipinski definition) is 1. The van der Waals surface area contributed by atoms with Crippen LogP contribution in [0.1, 0.15) is 105 Å². The summed E-state index contributed by atoms with van der Waals surface area (Å²) in [5.41, 5.74) is 1.45. The monoisotopic (exact) mass is 322 g/mol. The largest absolute Gasteiger partial charge is 0.491 e. The van der Waals surface area contributed by atoms with Crippen molar-refractivity contribution in [2.45, 2.75) is 106 Å². The van der Waals surface area contributed by atoms with Crippen molar-refractivity contribution in [2.24, 2.45) is 0 Å². The molecule has 1 nitrogen and oxygen atoms in total. The summed E-state index contributed by atoms with van der Waals surface area (Å²) < 4.78 is 5.88. The summed E-state index contributed by atoms with van der Waals surface area (Å²) in [5, 5.41) is 0. The lowest BCUT2D eigenvalue weighted by Gasteiger charge is -2.17. The topological polar surface area (TPSA) is 9.23 Å². The summed E-state index contributed by atoms with van der Waals surface area (Å²) in [6.07, 6.45) is 7.62. The fourth-order valence-electron chi connectivity index (χ4n) is 2.47. The van der Waals surface area contributed by atoms with Crippen molar-refractivity contribution in [3.63, 3.8) is 0 Å². The van der Waals surface area contributed by atoms with E-state index in [2.05, 4.69) is 65.8 Å². The lowest BCUT2D eigenvalue weighted by atomic mass is 9.92. The standard InChI is InChI=1S/C17H28O.C3H8.C2H6/c1-5-8-14(4)18-17-12-10-16(11-13-17)15(7-3)9-6-2;1-3-2;1-2/h10-15H,5-9H2,1-4H3;3H2,1-2H3;1-2H3. The van der Waals surface area contributed by atoms with Crippen LogP contribution >= 0.6 is 0 Å². The van der Waals surface area contributed by atoms with Gasteiger partial charge in [-0.2, -0.15) is 0 Å². The van der Waals surface area contributed by atoms with Crippen LogP contribution < -0.4 is 4.74 Å². The summed E-state index contributed by atoms with van der Waals surface area (Å²) in [4.78, 5) is 0. The Kier molecular flexibility index (Phi) is 18.3. The number of benzene rings is 1. The van der Waals surface area contributed by atoms with Gasteiger partial charge in [-0.05, 0) is 49.8 Å². The SMILES string of the molecule is CC.CCC.CCCC(C)Oc1ccc(C(CC)CCC)cc1. The minimum Gasteiger partial charge on any atom is -0.491 e. The zero-order valence-electron chi connectivity index (χ0n) is 17.1. The molecule has 1 heteroatoms. The second-order valence-electron chi connectivity index (χ2n) is 5.89. The molecule has 0 spiro atoms. The molecule has 0 aromatic heterocycles. The first-order chi connectivity index (χ1) is 11.1. The molecule has 1 aromatic rings. The van der Waals surface area contributed by atoms with Crippen LogP contribution in [0.3, 0.4) is 0 Å². The average Bonchev–Trinajstić information content (AvgIpc) is 2.56. The predicted octanol–water partition coefficient (Wildman–Crippen LogP) is 7.99. The lowest BCUT2D eigenvalue weighted by Crippen LogP contribution is -2.10. The molecule has 1 rings (SSSR count). The maximum atomic E-state index is 5.88. The molecule has 0 N–H and O–H groups in total. The highest BCUT2D eigenvalue weighted by molar-refractivity contribution is 5.29. The van der Waals surface area contributed by atoms with Crippen LogP contribution in [-0.2, 0) is 0 Å². The van der Waals surface area contributed by atoms with Crippen molar-refractivity contribution in [1.82, 2.24) is 0 Å². The molecule has 1 aromatic carbocycles. The molecular weight excluding hydrogens is 280 g/mol. The van der Waals surface area contributed by atoms with Gasteiger partial charge in [0.05, 0.1) is 6.10 Å². The number of ether oxygens (including phenoxy) is 1. The van der Waals surface area contributed by atoms with Gasteiger partial charge in [0.2, 0.25) is 0 Å². The third-order valence-corrected chi connectivity index (χ3v) is 3.51. The first-order valence-corrected chi connectivity index (χ1v) is 9.89. The van der Waals surface area contributed by atoms with Crippen LogP contribution in [-0.4, -0.2) is 6.10 Å². The zero-order valence-corrected chi connectivity index (χ0v) is 17.1. The third kappa shape index (κ3) is 12.1. The summed E-state index contributed by atoms with van der Waals surface area (Å²) in [6.45, 7) is 17.1. The van der Waals surface area contributed by atoms with Crippen molar-refractivity contribution in [3.05, 3.63) is 29.8 Å². The van der Waals surface area contributed by atoms with E-state index < -0.39 is 0 Å². The molecule has 0 fully saturated rings. The highest BCUT2D eigenvalue weighted by Gasteiger charge is 2.09. The molecule has 136 valence electrons. The van der Waals surface area contributed by atoms with Gasteiger partial charge in [0.15, 0.2) is 0 Å². The van der Waals surface area contributed by atoms with Crippen molar-refractivity contribution >= 4 is 0 Å². The average molecular weight is 323 g/mol. The fraction of sp³-hybridized carbons (Fsp3) is 0.727. The Hall–Kier alpha value is -0.980. The van der Waals surface area contributed by atoms with Crippen LogP contribution in [0.25, 0.3) is 0 Å². The van der Waals surface area contributed by atoms with Gasteiger partial charge >= 0.3 is 0 Å². The molecule has 0 aliphatic heterocycles. The van der Waals surface area contributed by atoms with Gasteiger partial charge in [-0.1, -0.05) is 79.9 Å². The van der Waals surface area contributed by atoms with Gasteiger partial charge in [0, 0.05) is 0 Å². The van der Waals surface area contributed by atoms with Gasteiger partial charge < -0.3 is 4.74 Å². The highest BCUT2D eigenvalue weighted by Crippen LogP contribution is 2.26. The molecule has 2 unspecified atom stereocenters. The normalized spacial score (nSPS) is 12.2. The molecule has 0 saturated carbocycles. The fourth-order valence-corrected chi connectivity index (χ4v) is 2.47. The van der Waals surface area contributed by atoms with E-state index in [9.17, 15) is 0 Å². The minimum atomic E-state index is 0.318. The molecule has 0 saturated heterocycles. The predicted molar refractivity (Wildman–Crippen MR) is 107 cm³/mol. The first-order valence-electron chi connectivity index (χ1n) is 9.89. The van der Waals surface area contributed by atoms with Crippen LogP contribution in [0.15, 0.2) is 24.3 Å². The van der Waals surface area contributed by atoms with Gasteiger partial charge in [0.1, 0.15) is 5.75 Å². The van der Waals surface area contributed by atoms with Gasteiger partial charge in [0.25, 0.3) is 0 Å². The van der Waals surface area contributed by atoms with E-state index in [0.717, 1.165) is 12.2 Å². The summed E-state index contributed by atoms with van der Waals surface area (Å²) in [6, 6.07) is 8.72. The zero-order chi connectivity index (χ0) is 18.1. The summed E-state index contributed by atoms with van der Waals surface area (Å²) in [7, 11) is 0. The third-order valence-electron chi connectivity index (χ3n) is 3.51. The second kappa shape index (κ2) is 17.4. The van der Waals surface area contributed by atoms with Gasteiger partial charge in [-0.15, -0.1) is 0 Å². The Bertz CT molecular complexity index is 328.